The Bertz CT molecular complexity index is 678. The minimum atomic E-state index is -4.39. The predicted molar refractivity (Wildman–Crippen MR) is 56.0 cm³/mol. The second-order valence-electron chi connectivity index (χ2n) is 3.89. The Kier molecular flexibility index (Phi) is 3.35. The van der Waals surface area contributed by atoms with E-state index in [1.165, 1.54) is 12.1 Å². The SMILES string of the molecule is O=S(=O)([O-])c1ccc2c(c1)nc1n2CCC1.[Na+]. The van der Waals surface area contributed by atoms with E-state index < -0.39 is 10.1 Å². The number of aromatic nitrogens is 2. The summed E-state index contributed by atoms with van der Waals surface area (Å²) >= 11 is 0. The first-order chi connectivity index (χ1) is 7.55. The summed E-state index contributed by atoms with van der Waals surface area (Å²) in [6.45, 7) is 0.912. The van der Waals surface area contributed by atoms with Gasteiger partial charge in [0, 0.05) is 13.0 Å². The van der Waals surface area contributed by atoms with Crippen LogP contribution in [0.2, 0.25) is 0 Å². The zero-order valence-electron chi connectivity index (χ0n) is 9.38. The van der Waals surface area contributed by atoms with Gasteiger partial charge in [0.25, 0.3) is 0 Å². The fourth-order valence-electron chi connectivity index (χ4n) is 2.15. The Morgan fingerprint density at radius 3 is 2.82 bits per heavy atom. The zero-order valence-corrected chi connectivity index (χ0v) is 12.2. The predicted octanol–water partition coefficient (Wildman–Crippen LogP) is -2.11. The van der Waals surface area contributed by atoms with E-state index in [9.17, 15) is 13.0 Å². The Morgan fingerprint density at radius 1 is 1.35 bits per heavy atom. The molecule has 17 heavy (non-hydrogen) atoms. The van der Waals surface area contributed by atoms with Gasteiger partial charge in [-0.2, -0.15) is 0 Å². The maximum Gasteiger partial charge on any atom is 1.00 e. The van der Waals surface area contributed by atoms with Crippen LogP contribution in [0.4, 0.5) is 0 Å². The van der Waals surface area contributed by atoms with Crippen LogP contribution in [-0.2, 0) is 23.1 Å². The normalized spacial score (nSPS) is 14.6. The third-order valence-corrected chi connectivity index (χ3v) is 3.70. The van der Waals surface area contributed by atoms with E-state index in [-0.39, 0.29) is 34.5 Å². The summed E-state index contributed by atoms with van der Waals surface area (Å²) < 4.78 is 34.7. The molecule has 0 saturated carbocycles. The van der Waals surface area contributed by atoms with E-state index in [4.69, 9.17) is 0 Å². The summed E-state index contributed by atoms with van der Waals surface area (Å²) in [5.41, 5.74) is 1.49. The standard InChI is InChI=1S/C10H10N2O3S.Na/c13-16(14,15)7-3-4-9-8(6-7)11-10-2-1-5-12(9)10;/h3-4,6H,1-2,5H2,(H,13,14,15);/q;+1/p-1. The van der Waals surface area contributed by atoms with E-state index >= 15 is 0 Å². The van der Waals surface area contributed by atoms with Crippen molar-refractivity contribution in [3.8, 4) is 0 Å². The van der Waals surface area contributed by atoms with Crippen molar-refractivity contribution in [2.24, 2.45) is 0 Å². The van der Waals surface area contributed by atoms with Crippen molar-refractivity contribution >= 4 is 21.2 Å². The van der Waals surface area contributed by atoms with Crippen LogP contribution in [0.25, 0.3) is 11.0 Å². The molecule has 1 aliphatic rings. The second kappa shape index (κ2) is 4.37. The summed E-state index contributed by atoms with van der Waals surface area (Å²) in [7, 11) is -4.39. The number of hydrogen-bond donors (Lipinski definition) is 0. The average Bonchev–Trinajstić information content (AvgIpc) is 2.74. The number of aryl methyl sites for hydroxylation is 2. The Hall–Kier alpha value is -0.400. The van der Waals surface area contributed by atoms with Crippen LogP contribution < -0.4 is 29.6 Å². The van der Waals surface area contributed by atoms with Crippen LogP contribution in [0.15, 0.2) is 23.1 Å². The van der Waals surface area contributed by atoms with Gasteiger partial charge < -0.3 is 9.12 Å². The van der Waals surface area contributed by atoms with Crippen LogP contribution in [0.3, 0.4) is 0 Å². The van der Waals surface area contributed by atoms with Gasteiger partial charge in [0.1, 0.15) is 15.9 Å². The topological polar surface area (TPSA) is 75.0 Å². The van der Waals surface area contributed by atoms with Crippen molar-refractivity contribution in [1.82, 2.24) is 9.55 Å². The molecule has 5 nitrogen and oxygen atoms in total. The van der Waals surface area contributed by atoms with Crippen LogP contribution in [0, 0.1) is 0 Å². The minimum Gasteiger partial charge on any atom is -0.744 e. The smallest absolute Gasteiger partial charge is 0.744 e. The Balaban J connectivity index is 0.00000108. The molecule has 1 aliphatic heterocycles. The molecule has 0 atom stereocenters. The van der Waals surface area contributed by atoms with Crippen LogP contribution >= 0.6 is 0 Å². The van der Waals surface area contributed by atoms with Crippen molar-refractivity contribution in [3.05, 3.63) is 24.0 Å². The maximum absolute atomic E-state index is 10.9. The van der Waals surface area contributed by atoms with Gasteiger partial charge in [-0.15, -0.1) is 0 Å². The van der Waals surface area contributed by atoms with Crippen molar-refractivity contribution in [2.45, 2.75) is 24.3 Å². The molecule has 2 heterocycles. The Morgan fingerprint density at radius 2 is 2.12 bits per heavy atom. The first kappa shape index (κ1) is 13.0. The number of benzene rings is 1. The number of nitrogens with zero attached hydrogens (tertiary/aromatic N) is 2. The molecule has 0 saturated heterocycles. The van der Waals surface area contributed by atoms with Gasteiger partial charge in [-0.05, 0) is 24.6 Å². The third-order valence-electron chi connectivity index (χ3n) is 2.87. The molecule has 7 heteroatoms. The molecule has 0 N–H and O–H groups in total. The molecule has 0 amide bonds. The molecule has 1 aromatic heterocycles. The van der Waals surface area contributed by atoms with E-state index in [2.05, 4.69) is 9.55 Å². The van der Waals surface area contributed by atoms with Crippen molar-refractivity contribution in [3.63, 3.8) is 0 Å². The number of fused-ring (bicyclic) bond motifs is 3. The number of imidazole rings is 1. The molecular weight excluding hydrogens is 251 g/mol. The first-order valence-electron chi connectivity index (χ1n) is 5.01. The largest absolute Gasteiger partial charge is 1.00 e. The van der Waals surface area contributed by atoms with E-state index in [0.29, 0.717) is 5.52 Å². The summed E-state index contributed by atoms with van der Waals surface area (Å²) in [6, 6.07) is 4.35. The first-order valence-corrected chi connectivity index (χ1v) is 6.41. The van der Waals surface area contributed by atoms with Gasteiger partial charge in [0.05, 0.1) is 15.9 Å². The fourth-order valence-corrected chi connectivity index (χ4v) is 2.64. The average molecular weight is 260 g/mol. The minimum absolute atomic E-state index is 0. The number of rotatable bonds is 1. The van der Waals surface area contributed by atoms with Crippen molar-refractivity contribution in [2.75, 3.05) is 0 Å². The summed E-state index contributed by atoms with van der Waals surface area (Å²) in [5, 5.41) is 0. The maximum atomic E-state index is 10.9. The van der Waals surface area contributed by atoms with E-state index in [0.717, 1.165) is 30.7 Å². The van der Waals surface area contributed by atoms with Crippen molar-refractivity contribution < 1.29 is 42.5 Å². The molecule has 1 aromatic carbocycles. The van der Waals surface area contributed by atoms with Crippen LogP contribution in [0.5, 0.6) is 0 Å². The van der Waals surface area contributed by atoms with Crippen LogP contribution in [0.1, 0.15) is 12.2 Å². The summed E-state index contributed by atoms with van der Waals surface area (Å²) in [5.74, 6) is 0.968. The molecule has 84 valence electrons. The number of hydrogen-bond acceptors (Lipinski definition) is 4. The van der Waals surface area contributed by atoms with Crippen molar-refractivity contribution in [1.29, 1.82) is 0 Å². The zero-order chi connectivity index (χ0) is 11.3. The fraction of sp³-hybridized carbons (Fsp3) is 0.300. The quantitative estimate of drug-likeness (QED) is 0.434. The molecule has 0 aliphatic carbocycles. The molecule has 2 aromatic rings. The van der Waals surface area contributed by atoms with Gasteiger partial charge >= 0.3 is 29.6 Å². The molecule has 0 unspecified atom stereocenters. The molecular formula is C10H9N2NaO3S. The van der Waals surface area contributed by atoms with Gasteiger partial charge in [0.2, 0.25) is 0 Å². The van der Waals surface area contributed by atoms with E-state index in [1.54, 1.807) is 6.07 Å². The van der Waals surface area contributed by atoms with Crippen LogP contribution in [-0.4, -0.2) is 22.5 Å². The third kappa shape index (κ3) is 2.15. The Labute approximate surface area is 121 Å². The summed E-state index contributed by atoms with van der Waals surface area (Å²) in [4.78, 5) is 4.12. The molecule has 0 fully saturated rings. The van der Waals surface area contributed by atoms with Gasteiger partial charge in [-0.3, -0.25) is 0 Å². The van der Waals surface area contributed by atoms with Gasteiger partial charge in [0.15, 0.2) is 0 Å². The second-order valence-corrected chi connectivity index (χ2v) is 5.27. The molecule has 3 rings (SSSR count). The van der Waals surface area contributed by atoms with Gasteiger partial charge in [-0.25, -0.2) is 13.4 Å². The molecule has 0 radical (unpaired) electrons. The van der Waals surface area contributed by atoms with E-state index in [1.807, 2.05) is 0 Å². The molecule has 0 spiro atoms. The molecule has 0 bridgehead atoms. The monoisotopic (exact) mass is 260 g/mol. The van der Waals surface area contributed by atoms with Gasteiger partial charge in [-0.1, -0.05) is 0 Å². The summed E-state index contributed by atoms with van der Waals surface area (Å²) in [6.07, 6.45) is 1.98.